The summed E-state index contributed by atoms with van der Waals surface area (Å²) < 4.78 is 0. The summed E-state index contributed by atoms with van der Waals surface area (Å²) in [5, 5.41) is 0. The Labute approximate surface area is 214 Å². The van der Waals surface area contributed by atoms with E-state index in [9.17, 15) is 0 Å². The Morgan fingerprint density at radius 2 is 0.433 bits per heavy atom. The quantitative estimate of drug-likeness (QED) is 0.277. The van der Waals surface area contributed by atoms with Crippen LogP contribution in [0.2, 0.25) is 39.3 Å². The molecule has 2 rings (SSSR count). The van der Waals surface area contributed by atoms with Gasteiger partial charge in [0.05, 0.1) is 0 Å². The largest absolute Gasteiger partial charge is 0.327 e. The summed E-state index contributed by atoms with van der Waals surface area (Å²) in [7, 11) is -1.71. The molecular formula is C27H49ScSi2-. The first-order valence-corrected chi connectivity index (χ1v) is 18.2. The molecule has 0 heterocycles. The van der Waals surface area contributed by atoms with E-state index in [0.29, 0.717) is 0 Å². The van der Waals surface area contributed by atoms with E-state index >= 15 is 0 Å². The van der Waals surface area contributed by atoms with E-state index in [4.69, 9.17) is 0 Å². The van der Waals surface area contributed by atoms with Crippen LogP contribution in [0.5, 0.6) is 0 Å². The van der Waals surface area contributed by atoms with Crippen LogP contribution < -0.4 is 0 Å². The molecule has 0 spiro atoms. The van der Waals surface area contributed by atoms with E-state index in [2.05, 4.69) is 114 Å². The first-order valence-electron chi connectivity index (χ1n) is 11.1. The standard InChI is InChI=1S/2C10H15.C7H19Si2.Sc/c2*1-6-7(2)9(4)10(5)8(6)3;1-8(2,3)7-9(4,5)6;/h2*1-5H3;7H,1-6H3;/q;;-1;. The Hall–Kier alpha value is 1.30. The maximum atomic E-state index is 2.65. The van der Waals surface area contributed by atoms with Crippen LogP contribution in [0.1, 0.15) is 69.2 Å². The van der Waals surface area contributed by atoms with E-state index in [1.54, 1.807) is 0 Å². The van der Waals surface area contributed by atoms with Gasteiger partial charge in [-0.3, -0.25) is 0 Å². The molecule has 0 aromatic heterocycles. The summed E-state index contributed by atoms with van der Waals surface area (Å²) in [5.41, 5.74) is 2.65. The maximum absolute atomic E-state index is 2.65. The molecule has 2 aliphatic carbocycles. The zero-order chi connectivity index (χ0) is 23.5. The van der Waals surface area contributed by atoms with Crippen molar-refractivity contribution in [2.75, 3.05) is 0 Å². The predicted octanol–water partition coefficient (Wildman–Crippen LogP) is 8.89. The first kappa shape index (κ1) is 33.5. The Balaban J connectivity index is 0. The minimum absolute atomic E-state index is 0. The van der Waals surface area contributed by atoms with Gasteiger partial charge in [-0.2, -0.15) is 0 Å². The van der Waals surface area contributed by atoms with Crippen LogP contribution in [-0.2, 0) is 25.8 Å². The molecule has 0 aromatic carbocycles. The van der Waals surface area contributed by atoms with Gasteiger partial charge in [-0.25, -0.2) is 0 Å². The van der Waals surface area contributed by atoms with Crippen molar-refractivity contribution in [3.05, 3.63) is 64.8 Å². The summed E-state index contributed by atoms with van der Waals surface area (Å²) >= 11 is 0. The number of hydrogen-bond donors (Lipinski definition) is 0. The van der Waals surface area contributed by atoms with Crippen LogP contribution in [-0.4, -0.2) is 16.1 Å². The Bertz CT molecular complexity index is 333. The third-order valence-corrected chi connectivity index (χ3v) is 13.4. The summed E-state index contributed by atoms with van der Waals surface area (Å²) in [4.78, 5) is 0. The van der Waals surface area contributed by atoms with Crippen molar-refractivity contribution in [2.24, 2.45) is 0 Å². The minimum atomic E-state index is -0.856. The van der Waals surface area contributed by atoms with Gasteiger partial charge in [-0.15, -0.1) is 16.1 Å². The molecule has 0 aromatic rings. The van der Waals surface area contributed by atoms with Crippen LogP contribution in [0, 0.1) is 64.8 Å². The second-order valence-corrected chi connectivity index (χ2v) is 21.7. The van der Waals surface area contributed by atoms with E-state index in [1.807, 2.05) is 0 Å². The zero-order valence-electron chi connectivity index (χ0n) is 23.2. The molecule has 30 heavy (non-hydrogen) atoms. The SMILES string of the molecule is C[C]1[C](C)[C](C)[C](C)[C]1C.C[C]1[C](C)[C](C)[C](C)[C]1C.C[Si](C)(C)[CH-][Si](C)(C)C.[Sc]. The second-order valence-electron chi connectivity index (χ2n) is 11.1. The molecular weight excluding hydrogens is 425 g/mol. The Morgan fingerprint density at radius 3 is 0.467 bits per heavy atom. The molecule has 0 bridgehead atoms. The molecule has 3 heteroatoms. The van der Waals surface area contributed by atoms with Crippen molar-refractivity contribution in [3.8, 4) is 0 Å². The van der Waals surface area contributed by atoms with Gasteiger partial charge in [0, 0.05) is 25.8 Å². The van der Waals surface area contributed by atoms with Crippen molar-refractivity contribution >= 4 is 16.1 Å². The van der Waals surface area contributed by atoms with E-state index < -0.39 is 16.1 Å². The van der Waals surface area contributed by atoms with Gasteiger partial charge in [0.1, 0.15) is 0 Å². The van der Waals surface area contributed by atoms with Crippen LogP contribution >= 0.6 is 0 Å². The summed E-state index contributed by atoms with van der Waals surface area (Å²) in [6.07, 6.45) is 0. The topological polar surface area (TPSA) is 0 Å². The molecule has 0 amide bonds. The monoisotopic (exact) mass is 474 g/mol. The zero-order valence-corrected chi connectivity index (χ0v) is 27.0. The van der Waals surface area contributed by atoms with Gasteiger partial charge in [-0.1, -0.05) is 109 Å². The van der Waals surface area contributed by atoms with E-state index in [-0.39, 0.29) is 25.8 Å². The van der Waals surface area contributed by atoms with Gasteiger partial charge in [0.15, 0.2) is 0 Å². The predicted molar refractivity (Wildman–Crippen MR) is 140 cm³/mol. The smallest absolute Gasteiger partial charge is 0 e. The second kappa shape index (κ2) is 13.3. The maximum Gasteiger partial charge on any atom is 0 e. The molecule has 0 atom stereocenters. The van der Waals surface area contributed by atoms with Crippen molar-refractivity contribution < 1.29 is 25.8 Å². The van der Waals surface area contributed by atoms with Crippen molar-refractivity contribution in [1.29, 1.82) is 0 Å². The van der Waals surface area contributed by atoms with Gasteiger partial charge in [0.25, 0.3) is 0 Å². The van der Waals surface area contributed by atoms with Gasteiger partial charge < -0.3 is 5.67 Å². The summed E-state index contributed by atoms with van der Waals surface area (Å²) in [5.74, 6) is 14.7. The fourth-order valence-corrected chi connectivity index (χ4v) is 14.5. The van der Waals surface area contributed by atoms with Crippen LogP contribution in [0.4, 0.5) is 0 Å². The fraction of sp³-hybridized carbons (Fsp3) is 0.593. The number of rotatable bonds is 2. The summed E-state index contributed by atoms with van der Waals surface area (Å²) in [6.45, 7) is 36.4. The van der Waals surface area contributed by atoms with Crippen molar-refractivity contribution in [1.82, 2.24) is 0 Å². The molecule has 0 aliphatic heterocycles. The molecule has 2 aliphatic rings. The molecule has 11 radical (unpaired) electrons. The molecule has 0 nitrogen and oxygen atoms in total. The van der Waals surface area contributed by atoms with Gasteiger partial charge in [-0.05, 0) is 59.2 Å². The van der Waals surface area contributed by atoms with E-state index in [1.165, 1.54) is 59.2 Å². The molecule has 0 N–H and O–H groups in total. The normalized spacial score (nSPS) is 23.2. The average Bonchev–Trinajstić information content (AvgIpc) is 2.83. The van der Waals surface area contributed by atoms with Crippen LogP contribution in [0.15, 0.2) is 0 Å². The molecule has 169 valence electrons. The van der Waals surface area contributed by atoms with Crippen LogP contribution in [0.3, 0.4) is 0 Å². The van der Waals surface area contributed by atoms with Crippen molar-refractivity contribution in [3.63, 3.8) is 0 Å². The van der Waals surface area contributed by atoms with Gasteiger partial charge >= 0.3 is 0 Å². The van der Waals surface area contributed by atoms with E-state index in [0.717, 1.165) is 0 Å². The third-order valence-electron chi connectivity index (χ3n) is 6.49. The van der Waals surface area contributed by atoms with Crippen LogP contribution in [0.25, 0.3) is 0 Å². The number of hydrogen-bond acceptors (Lipinski definition) is 0. The minimum Gasteiger partial charge on any atom is -0.327 e. The third kappa shape index (κ3) is 10.5. The van der Waals surface area contributed by atoms with Gasteiger partial charge in [0.2, 0.25) is 0 Å². The first-order chi connectivity index (χ1) is 12.8. The Kier molecular flexibility index (Phi) is 14.8. The molecule has 0 unspecified atom stereocenters. The summed E-state index contributed by atoms with van der Waals surface area (Å²) in [6, 6.07) is 0. The average molecular weight is 475 g/mol. The Morgan fingerprint density at radius 1 is 0.333 bits per heavy atom. The molecule has 2 fully saturated rings. The molecule has 0 saturated heterocycles. The molecule has 2 saturated carbocycles. The van der Waals surface area contributed by atoms with Crippen molar-refractivity contribution in [2.45, 2.75) is 109 Å². The fourth-order valence-electron chi connectivity index (χ4n) is 4.11.